The maximum atomic E-state index is 13.4. The Hall–Kier alpha value is -1.44. The van der Waals surface area contributed by atoms with Gasteiger partial charge in [-0.15, -0.1) is 0 Å². The monoisotopic (exact) mass is 274 g/mol. The molecule has 2 aliphatic rings. The molecule has 0 radical (unpaired) electrons. The third kappa shape index (κ3) is 3.00. The molecule has 106 valence electrons. The molecule has 0 N–H and O–H groups in total. The van der Waals surface area contributed by atoms with E-state index in [0.717, 1.165) is 18.7 Å². The Bertz CT molecular complexity index is 536. The molecule has 3 nitrogen and oxygen atoms in total. The van der Waals surface area contributed by atoms with Gasteiger partial charge in [-0.05, 0) is 49.4 Å². The smallest absolute Gasteiger partial charge is 0.123 e. The maximum Gasteiger partial charge on any atom is 0.123 e. The van der Waals surface area contributed by atoms with Crippen LogP contribution in [-0.2, 0) is 11.3 Å². The summed E-state index contributed by atoms with van der Waals surface area (Å²) < 4.78 is 19.4. The Morgan fingerprint density at radius 3 is 2.90 bits per heavy atom. The average molecular weight is 274 g/mol. The van der Waals surface area contributed by atoms with Gasteiger partial charge in [0.25, 0.3) is 0 Å². The lowest BCUT2D eigenvalue weighted by atomic mass is 10.1. The molecule has 1 heterocycles. The van der Waals surface area contributed by atoms with E-state index in [1.165, 1.54) is 25.0 Å². The Labute approximate surface area is 119 Å². The lowest BCUT2D eigenvalue weighted by Crippen LogP contribution is -2.47. The van der Waals surface area contributed by atoms with Gasteiger partial charge in [0.1, 0.15) is 5.82 Å². The molecule has 3 rings (SSSR count). The first kappa shape index (κ1) is 13.5. The van der Waals surface area contributed by atoms with Crippen LogP contribution in [0.2, 0.25) is 0 Å². The van der Waals surface area contributed by atoms with Gasteiger partial charge in [-0.25, -0.2) is 4.39 Å². The second-order valence-corrected chi connectivity index (χ2v) is 5.93. The minimum Gasteiger partial charge on any atom is -0.372 e. The van der Waals surface area contributed by atoms with Crippen molar-refractivity contribution in [1.29, 1.82) is 5.26 Å². The van der Waals surface area contributed by atoms with E-state index >= 15 is 0 Å². The van der Waals surface area contributed by atoms with E-state index < -0.39 is 0 Å². The maximum absolute atomic E-state index is 13.4. The molecule has 0 amide bonds. The summed E-state index contributed by atoms with van der Waals surface area (Å²) in [6.07, 6.45) is 3.02. The molecule has 0 spiro atoms. The van der Waals surface area contributed by atoms with Crippen molar-refractivity contribution in [3.05, 3.63) is 35.1 Å². The van der Waals surface area contributed by atoms with Crippen LogP contribution >= 0.6 is 0 Å². The predicted octanol–water partition coefficient (Wildman–Crippen LogP) is 2.70. The van der Waals surface area contributed by atoms with Gasteiger partial charge in [0.15, 0.2) is 0 Å². The number of nitrogens with zero attached hydrogens (tertiary/aromatic N) is 2. The average Bonchev–Trinajstić information content (AvgIpc) is 3.22. The van der Waals surface area contributed by atoms with E-state index in [2.05, 4.69) is 17.9 Å². The summed E-state index contributed by atoms with van der Waals surface area (Å²) in [4.78, 5) is 2.28. The third-order valence-electron chi connectivity index (χ3n) is 4.09. The Morgan fingerprint density at radius 1 is 1.40 bits per heavy atom. The number of nitriles is 1. The topological polar surface area (TPSA) is 36.3 Å². The summed E-state index contributed by atoms with van der Waals surface area (Å²) in [6.45, 7) is 4.43. The summed E-state index contributed by atoms with van der Waals surface area (Å²) in [6, 6.07) is 6.53. The molecule has 0 bridgehead atoms. The highest BCUT2D eigenvalue weighted by Crippen LogP contribution is 2.36. The van der Waals surface area contributed by atoms with Crippen LogP contribution in [0, 0.1) is 23.1 Å². The fraction of sp³-hybridized carbons (Fsp3) is 0.562. The minimum absolute atomic E-state index is 0.202. The molecule has 1 saturated carbocycles. The summed E-state index contributed by atoms with van der Waals surface area (Å²) in [7, 11) is 0. The Kier molecular flexibility index (Phi) is 3.73. The van der Waals surface area contributed by atoms with Gasteiger partial charge >= 0.3 is 0 Å². The number of benzene rings is 1. The van der Waals surface area contributed by atoms with Crippen LogP contribution in [0.15, 0.2) is 18.2 Å². The van der Waals surface area contributed by atoms with Gasteiger partial charge in [0.2, 0.25) is 0 Å². The SMILES string of the molecule is C[C@@H]1CN(Cc2cc(F)ccc2C#N)C[C@H](C2CC2)O1. The van der Waals surface area contributed by atoms with Crippen molar-refractivity contribution in [3.8, 4) is 6.07 Å². The molecule has 1 aromatic carbocycles. The van der Waals surface area contributed by atoms with Gasteiger partial charge in [-0.2, -0.15) is 5.26 Å². The molecule has 1 aliphatic carbocycles. The normalized spacial score (nSPS) is 27.2. The van der Waals surface area contributed by atoms with Gasteiger partial charge in [0.05, 0.1) is 23.8 Å². The lowest BCUT2D eigenvalue weighted by molar-refractivity contribution is -0.0881. The first-order chi connectivity index (χ1) is 9.65. The quantitative estimate of drug-likeness (QED) is 0.850. The van der Waals surface area contributed by atoms with E-state index in [1.54, 1.807) is 6.07 Å². The Balaban J connectivity index is 1.73. The van der Waals surface area contributed by atoms with Crippen molar-refractivity contribution in [2.75, 3.05) is 13.1 Å². The van der Waals surface area contributed by atoms with Crippen molar-refractivity contribution in [2.24, 2.45) is 5.92 Å². The predicted molar refractivity (Wildman–Crippen MR) is 73.5 cm³/mol. The number of morpholine rings is 1. The number of halogens is 1. The summed E-state index contributed by atoms with van der Waals surface area (Å²) in [5.41, 5.74) is 1.34. The summed E-state index contributed by atoms with van der Waals surface area (Å²) in [5.74, 6) is 0.419. The molecule has 1 saturated heterocycles. The zero-order valence-electron chi connectivity index (χ0n) is 11.7. The molecule has 20 heavy (non-hydrogen) atoms. The van der Waals surface area contributed by atoms with Crippen molar-refractivity contribution in [1.82, 2.24) is 4.90 Å². The largest absolute Gasteiger partial charge is 0.372 e. The molecule has 2 fully saturated rings. The van der Waals surface area contributed by atoms with Crippen LogP contribution in [-0.4, -0.2) is 30.2 Å². The van der Waals surface area contributed by atoms with Gasteiger partial charge in [0, 0.05) is 19.6 Å². The number of hydrogen-bond donors (Lipinski definition) is 0. The third-order valence-corrected chi connectivity index (χ3v) is 4.09. The van der Waals surface area contributed by atoms with Crippen molar-refractivity contribution >= 4 is 0 Å². The summed E-state index contributed by atoms with van der Waals surface area (Å²) >= 11 is 0. The van der Waals surface area contributed by atoms with Crippen LogP contribution in [0.4, 0.5) is 4.39 Å². The second kappa shape index (κ2) is 5.51. The van der Waals surface area contributed by atoms with Crippen LogP contribution in [0.25, 0.3) is 0 Å². The molecule has 1 aliphatic heterocycles. The molecule has 4 heteroatoms. The van der Waals surface area contributed by atoms with Gasteiger partial charge in [-0.3, -0.25) is 4.90 Å². The molecular weight excluding hydrogens is 255 g/mol. The molecule has 1 aromatic rings. The van der Waals surface area contributed by atoms with Crippen molar-refractivity contribution < 1.29 is 9.13 Å². The second-order valence-electron chi connectivity index (χ2n) is 5.93. The highest BCUT2D eigenvalue weighted by molar-refractivity contribution is 5.37. The van der Waals surface area contributed by atoms with Gasteiger partial charge < -0.3 is 4.74 Å². The van der Waals surface area contributed by atoms with E-state index in [4.69, 9.17) is 10.00 Å². The van der Waals surface area contributed by atoms with E-state index in [9.17, 15) is 4.39 Å². The number of rotatable bonds is 3. The van der Waals surface area contributed by atoms with Crippen LogP contribution in [0.3, 0.4) is 0 Å². The molecular formula is C16H19FN2O. The van der Waals surface area contributed by atoms with Crippen molar-refractivity contribution in [3.63, 3.8) is 0 Å². The first-order valence-corrected chi connectivity index (χ1v) is 7.22. The fourth-order valence-electron chi connectivity index (χ4n) is 2.98. The molecule has 0 aromatic heterocycles. The zero-order valence-corrected chi connectivity index (χ0v) is 11.7. The summed E-state index contributed by atoms with van der Waals surface area (Å²) in [5, 5.41) is 9.13. The minimum atomic E-state index is -0.279. The standard InChI is InChI=1S/C16H19FN2O/c1-11-8-19(10-16(20-11)12-2-3-12)9-14-6-15(17)5-4-13(14)7-18/h4-6,11-12,16H,2-3,8-10H2,1H3/t11-,16-/m1/s1. The zero-order chi connectivity index (χ0) is 14.1. The van der Waals surface area contributed by atoms with Crippen LogP contribution in [0.1, 0.15) is 30.9 Å². The lowest BCUT2D eigenvalue weighted by Gasteiger charge is -2.37. The highest BCUT2D eigenvalue weighted by atomic mass is 19.1. The highest BCUT2D eigenvalue weighted by Gasteiger charge is 2.37. The van der Waals surface area contributed by atoms with Crippen molar-refractivity contribution in [2.45, 2.75) is 38.5 Å². The molecule has 0 unspecified atom stereocenters. The van der Waals surface area contributed by atoms with E-state index in [1.807, 2.05) is 0 Å². The molecule has 2 atom stereocenters. The number of ether oxygens (including phenoxy) is 1. The van der Waals surface area contributed by atoms with E-state index in [-0.39, 0.29) is 11.9 Å². The van der Waals surface area contributed by atoms with E-state index in [0.29, 0.717) is 24.1 Å². The fourth-order valence-corrected chi connectivity index (χ4v) is 2.98. The first-order valence-electron chi connectivity index (χ1n) is 7.22. The number of hydrogen-bond acceptors (Lipinski definition) is 3. The van der Waals surface area contributed by atoms with Crippen LogP contribution < -0.4 is 0 Å². The Morgan fingerprint density at radius 2 is 2.20 bits per heavy atom. The van der Waals surface area contributed by atoms with Crippen LogP contribution in [0.5, 0.6) is 0 Å². The van der Waals surface area contributed by atoms with Gasteiger partial charge in [-0.1, -0.05) is 0 Å².